The minimum atomic E-state index is 0.341. The summed E-state index contributed by atoms with van der Waals surface area (Å²) >= 11 is 0. The van der Waals surface area contributed by atoms with Gasteiger partial charge in [0, 0.05) is 43.9 Å². The first kappa shape index (κ1) is 19.3. The fraction of sp³-hybridized carbons (Fsp3) is 0.500. The molecule has 2 aliphatic heterocycles. The van der Waals surface area contributed by atoms with Crippen LogP contribution in [0.15, 0.2) is 36.7 Å². The summed E-state index contributed by atoms with van der Waals surface area (Å²) in [6.07, 6.45) is 6.13. The number of morpholine rings is 1. The molecule has 2 fully saturated rings. The molecule has 0 aromatic carbocycles. The van der Waals surface area contributed by atoms with E-state index >= 15 is 0 Å². The van der Waals surface area contributed by atoms with Crippen LogP contribution < -0.4 is 9.64 Å². The minimum Gasteiger partial charge on any atom is -0.481 e. The van der Waals surface area contributed by atoms with E-state index in [0.29, 0.717) is 11.8 Å². The van der Waals surface area contributed by atoms with E-state index in [1.807, 2.05) is 10.6 Å². The van der Waals surface area contributed by atoms with Gasteiger partial charge in [0.25, 0.3) is 0 Å². The SMILES string of the molecule is COc1ncccc1CN1CCCC(c2nc3ccc(N4CCOCC4)cn3n2)C1. The van der Waals surface area contributed by atoms with E-state index in [1.54, 1.807) is 13.3 Å². The highest BCUT2D eigenvalue weighted by Gasteiger charge is 2.25. The molecule has 5 rings (SSSR count). The molecule has 30 heavy (non-hydrogen) atoms. The lowest BCUT2D eigenvalue weighted by Gasteiger charge is -2.31. The summed E-state index contributed by atoms with van der Waals surface area (Å²) in [5.74, 6) is 1.99. The lowest BCUT2D eigenvalue weighted by atomic mass is 9.97. The van der Waals surface area contributed by atoms with Gasteiger partial charge in [0.05, 0.1) is 32.2 Å². The third-order valence-corrected chi connectivity index (χ3v) is 6.02. The number of nitrogens with zero attached hydrogens (tertiary/aromatic N) is 6. The maximum absolute atomic E-state index is 5.47. The van der Waals surface area contributed by atoms with Crippen LogP contribution in [-0.4, -0.2) is 71.0 Å². The predicted molar refractivity (Wildman–Crippen MR) is 114 cm³/mol. The largest absolute Gasteiger partial charge is 0.481 e. The Bertz CT molecular complexity index is 1000. The minimum absolute atomic E-state index is 0.341. The first-order valence-corrected chi connectivity index (χ1v) is 10.7. The van der Waals surface area contributed by atoms with Crippen molar-refractivity contribution in [3.8, 4) is 5.88 Å². The maximum atomic E-state index is 5.47. The lowest BCUT2D eigenvalue weighted by Crippen LogP contribution is -2.36. The average molecular weight is 409 g/mol. The summed E-state index contributed by atoms with van der Waals surface area (Å²) in [5.41, 5.74) is 3.21. The molecule has 2 saturated heterocycles. The van der Waals surface area contributed by atoms with E-state index in [2.05, 4.69) is 39.2 Å². The Morgan fingerprint density at radius 3 is 2.93 bits per heavy atom. The summed E-state index contributed by atoms with van der Waals surface area (Å²) < 4.78 is 12.8. The number of hydrogen-bond donors (Lipinski definition) is 0. The van der Waals surface area contributed by atoms with Crippen molar-refractivity contribution in [3.05, 3.63) is 48.0 Å². The van der Waals surface area contributed by atoms with Crippen LogP contribution in [0.5, 0.6) is 5.88 Å². The molecule has 8 nitrogen and oxygen atoms in total. The molecule has 0 aliphatic carbocycles. The third-order valence-electron chi connectivity index (χ3n) is 6.02. The third kappa shape index (κ3) is 3.97. The quantitative estimate of drug-likeness (QED) is 0.642. The average Bonchev–Trinajstić information content (AvgIpc) is 3.24. The molecular weight excluding hydrogens is 380 g/mol. The molecule has 1 unspecified atom stereocenters. The molecule has 2 aliphatic rings. The van der Waals surface area contributed by atoms with Crippen LogP contribution in [0.4, 0.5) is 5.69 Å². The second-order valence-electron chi connectivity index (χ2n) is 8.01. The standard InChI is InChI=1S/C22H28N6O2/c1-29-22-18(4-2-8-23-22)15-26-9-3-5-17(14-26)21-24-20-7-6-19(16-28(20)25-21)27-10-12-30-13-11-27/h2,4,6-8,16-17H,3,5,9-15H2,1H3. The van der Waals surface area contributed by atoms with E-state index in [0.717, 1.165) is 75.8 Å². The van der Waals surface area contributed by atoms with E-state index < -0.39 is 0 Å². The van der Waals surface area contributed by atoms with Crippen molar-refractivity contribution >= 4 is 11.3 Å². The number of pyridine rings is 2. The van der Waals surface area contributed by atoms with Gasteiger partial charge in [-0.15, -0.1) is 0 Å². The van der Waals surface area contributed by atoms with Crippen molar-refractivity contribution in [1.82, 2.24) is 24.5 Å². The number of hydrogen-bond acceptors (Lipinski definition) is 7. The van der Waals surface area contributed by atoms with Crippen molar-refractivity contribution in [2.75, 3.05) is 51.4 Å². The molecule has 0 N–H and O–H groups in total. The predicted octanol–water partition coefficient (Wildman–Crippen LogP) is 2.35. The fourth-order valence-electron chi connectivity index (χ4n) is 4.45. The molecule has 3 aromatic rings. The molecule has 0 amide bonds. The first-order valence-electron chi connectivity index (χ1n) is 10.7. The smallest absolute Gasteiger partial charge is 0.217 e. The number of methoxy groups -OCH3 is 1. The van der Waals surface area contributed by atoms with Crippen molar-refractivity contribution in [2.45, 2.75) is 25.3 Å². The normalized spacial score (nSPS) is 20.6. The first-order chi connectivity index (χ1) is 14.8. The molecule has 0 saturated carbocycles. The number of fused-ring (bicyclic) bond motifs is 1. The highest BCUT2D eigenvalue weighted by atomic mass is 16.5. The Balaban J connectivity index is 1.32. The van der Waals surface area contributed by atoms with Gasteiger partial charge in [-0.25, -0.2) is 14.5 Å². The maximum Gasteiger partial charge on any atom is 0.217 e. The molecule has 1 atom stereocenters. The van der Waals surface area contributed by atoms with Crippen molar-refractivity contribution in [2.24, 2.45) is 0 Å². The molecule has 158 valence electrons. The summed E-state index contributed by atoms with van der Waals surface area (Å²) in [6, 6.07) is 8.27. The van der Waals surface area contributed by atoms with Crippen LogP contribution in [0, 0.1) is 0 Å². The van der Waals surface area contributed by atoms with E-state index in [1.165, 1.54) is 5.69 Å². The molecule has 0 radical (unpaired) electrons. The van der Waals surface area contributed by atoms with Crippen molar-refractivity contribution in [1.29, 1.82) is 0 Å². The van der Waals surface area contributed by atoms with Gasteiger partial charge in [0.2, 0.25) is 5.88 Å². The summed E-state index contributed by atoms with van der Waals surface area (Å²) in [5, 5.41) is 4.85. The van der Waals surface area contributed by atoms with Gasteiger partial charge in [-0.05, 0) is 37.6 Å². The Labute approximate surface area is 176 Å². The van der Waals surface area contributed by atoms with Gasteiger partial charge in [-0.3, -0.25) is 4.90 Å². The topological polar surface area (TPSA) is 68.0 Å². The zero-order chi connectivity index (χ0) is 20.3. The van der Waals surface area contributed by atoms with Crippen LogP contribution in [0.1, 0.15) is 30.1 Å². The molecule has 0 bridgehead atoms. The van der Waals surface area contributed by atoms with Crippen LogP contribution in [0.2, 0.25) is 0 Å². The number of ether oxygens (including phenoxy) is 2. The summed E-state index contributed by atoms with van der Waals surface area (Å²) in [7, 11) is 1.68. The monoisotopic (exact) mass is 408 g/mol. The van der Waals surface area contributed by atoms with Gasteiger partial charge >= 0.3 is 0 Å². The van der Waals surface area contributed by atoms with E-state index in [4.69, 9.17) is 19.6 Å². The van der Waals surface area contributed by atoms with Gasteiger partial charge < -0.3 is 14.4 Å². The highest BCUT2D eigenvalue weighted by molar-refractivity contribution is 5.51. The van der Waals surface area contributed by atoms with Crippen LogP contribution >= 0.6 is 0 Å². The van der Waals surface area contributed by atoms with Gasteiger partial charge in [0.1, 0.15) is 0 Å². The Morgan fingerprint density at radius 1 is 1.17 bits per heavy atom. The molecule has 5 heterocycles. The fourth-order valence-corrected chi connectivity index (χ4v) is 4.45. The van der Waals surface area contributed by atoms with E-state index in [9.17, 15) is 0 Å². The molecular formula is C22H28N6O2. The molecule has 0 spiro atoms. The van der Waals surface area contributed by atoms with Gasteiger partial charge in [-0.2, -0.15) is 5.10 Å². The van der Waals surface area contributed by atoms with E-state index in [-0.39, 0.29) is 0 Å². The Kier molecular flexibility index (Phi) is 5.50. The number of anilines is 1. The molecule has 3 aromatic heterocycles. The van der Waals surface area contributed by atoms with Crippen molar-refractivity contribution < 1.29 is 9.47 Å². The van der Waals surface area contributed by atoms with Crippen LogP contribution in [0.3, 0.4) is 0 Å². The summed E-state index contributed by atoms with van der Waals surface area (Å²) in [6.45, 7) is 6.25. The lowest BCUT2D eigenvalue weighted by molar-refractivity contribution is 0.122. The zero-order valence-electron chi connectivity index (χ0n) is 17.4. The second kappa shape index (κ2) is 8.57. The number of likely N-dealkylation sites (tertiary alicyclic amines) is 1. The van der Waals surface area contributed by atoms with Gasteiger partial charge in [-0.1, -0.05) is 6.07 Å². The second-order valence-corrected chi connectivity index (χ2v) is 8.01. The Hall–Kier alpha value is -2.71. The van der Waals surface area contributed by atoms with Crippen LogP contribution in [-0.2, 0) is 11.3 Å². The zero-order valence-corrected chi connectivity index (χ0v) is 17.4. The van der Waals surface area contributed by atoms with Gasteiger partial charge in [0.15, 0.2) is 11.5 Å². The number of rotatable bonds is 5. The molecule has 8 heteroatoms. The number of aromatic nitrogens is 4. The number of piperidine rings is 1. The Morgan fingerprint density at radius 2 is 2.07 bits per heavy atom. The van der Waals surface area contributed by atoms with Crippen molar-refractivity contribution in [3.63, 3.8) is 0 Å². The highest BCUT2D eigenvalue weighted by Crippen LogP contribution is 2.28. The summed E-state index contributed by atoms with van der Waals surface area (Å²) in [4.78, 5) is 14.0. The van der Waals surface area contributed by atoms with Crippen LogP contribution in [0.25, 0.3) is 5.65 Å².